The molecule has 2 nitrogen and oxygen atoms in total. The Bertz CT molecular complexity index is 138. The van der Waals surface area contributed by atoms with Gasteiger partial charge in [0.15, 0.2) is 11.6 Å². The first-order valence-electron chi connectivity index (χ1n) is 2.38. The summed E-state index contributed by atoms with van der Waals surface area (Å²) in [6, 6.07) is 0. The lowest BCUT2D eigenvalue weighted by Gasteiger charge is -1.84. The van der Waals surface area contributed by atoms with Crippen molar-refractivity contribution >= 4 is 11.6 Å². The van der Waals surface area contributed by atoms with Crippen LogP contribution in [0.5, 0.6) is 0 Å². The molecule has 1 radical (unpaired) electrons. The number of carbonyl (C=O) groups is 2. The molecule has 0 spiro atoms. The first kappa shape index (κ1) is 7.82. The van der Waals surface area contributed by atoms with Crippen LogP contribution >= 0.6 is 0 Å². The molecule has 0 heterocycles. The van der Waals surface area contributed by atoms with Gasteiger partial charge in [0.05, 0.1) is 0 Å². The Morgan fingerprint density at radius 1 is 1.00 bits per heavy atom. The highest BCUT2D eigenvalue weighted by molar-refractivity contribution is 6.18. The molecule has 0 saturated heterocycles. The van der Waals surface area contributed by atoms with Crippen LogP contribution in [0, 0.1) is 6.42 Å². The minimum absolute atomic E-state index is 0.389. The van der Waals surface area contributed by atoms with Crippen LogP contribution in [0.25, 0.3) is 0 Å². The van der Waals surface area contributed by atoms with E-state index in [2.05, 4.69) is 13.2 Å². The molecule has 0 amide bonds. The molecule has 0 rings (SSSR count). The van der Waals surface area contributed by atoms with Gasteiger partial charge in [0, 0.05) is 0 Å². The van der Waals surface area contributed by atoms with Crippen molar-refractivity contribution < 1.29 is 9.59 Å². The number of ketones is 2. The van der Waals surface area contributed by atoms with Gasteiger partial charge in [0.2, 0.25) is 0 Å². The molecule has 0 aromatic rings. The fourth-order valence-corrected chi connectivity index (χ4v) is 0.258. The lowest BCUT2D eigenvalue weighted by molar-refractivity contribution is -0.117. The number of hydrogen-bond acceptors (Lipinski definition) is 2. The highest BCUT2D eigenvalue weighted by Gasteiger charge is 2.00. The average molecular weight is 123 g/mol. The van der Waals surface area contributed by atoms with Crippen LogP contribution in [0.1, 0.15) is 0 Å². The van der Waals surface area contributed by atoms with E-state index in [4.69, 9.17) is 0 Å². The summed E-state index contributed by atoms with van der Waals surface area (Å²) < 4.78 is 0. The summed E-state index contributed by atoms with van der Waals surface area (Å²) in [6.45, 7) is 6.36. The van der Waals surface area contributed by atoms with Crippen LogP contribution < -0.4 is 0 Å². The van der Waals surface area contributed by atoms with Gasteiger partial charge in [-0.25, -0.2) is 0 Å². The summed E-state index contributed by atoms with van der Waals surface area (Å²) in [4.78, 5) is 20.7. The van der Waals surface area contributed by atoms with Crippen molar-refractivity contribution in [2.24, 2.45) is 0 Å². The molecular formula is C7H7O2. The Hall–Kier alpha value is -1.18. The van der Waals surface area contributed by atoms with E-state index in [1.165, 1.54) is 0 Å². The van der Waals surface area contributed by atoms with Crippen molar-refractivity contribution in [2.45, 2.75) is 0 Å². The minimum Gasteiger partial charge on any atom is -0.294 e. The van der Waals surface area contributed by atoms with E-state index in [9.17, 15) is 9.59 Å². The molecule has 0 bridgehead atoms. The molecule has 9 heavy (non-hydrogen) atoms. The predicted molar refractivity (Wildman–Crippen MR) is 34.7 cm³/mol. The second-order valence-electron chi connectivity index (χ2n) is 1.36. The zero-order valence-corrected chi connectivity index (χ0v) is 4.96. The van der Waals surface area contributed by atoms with Crippen molar-refractivity contribution in [3.8, 4) is 0 Å². The van der Waals surface area contributed by atoms with E-state index >= 15 is 0 Å². The lowest BCUT2D eigenvalue weighted by Crippen LogP contribution is -2.01. The Kier molecular flexibility index (Phi) is 3.28. The molecule has 0 aliphatic heterocycles. The van der Waals surface area contributed by atoms with Gasteiger partial charge in [-0.15, -0.1) is 0 Å². The van der Waals surface area contributed by atoms with E-state index in [-0.39, 0.29) is 11.6 Å². The van der Waals surface area contributed by atoms with Gasteiger partial charge in [0.1, 0.15) is 6.42 Å². The molecule has 0 aromatic heterocycles. The normalized spacial score (nSPS) is 8.00. The third-order valence-electron chi connectivity index (χ3n) is 0.687. The second kappa shape index (κ2) is 3.78. The number of carbonyl (C=O) groups excluding carboxylic acids is 2. The van der Waals surface area contributed by atoms with Crippen LogP contribution in [0.4, 0.5) is 0 Å². The smallest absolute Gasteiger partial charge is 0.167 e. The maximum absolute atomic E-state index is 10.3. The molecule has 0 saturated carbocycles. The Balaban J connectivity index is 3.73. The maximum atomic E-state index is 10.3. The topological polar surface area (TPSA) is 34.1 Å². The zero-order chi connectivity index (χ0) is 7.28. The van der Waals surface area contributed by atoms with E-state index in [1.807, 2.05) is 0 Å². The van der Waals surface area contributed by atoms with E-state index in [1.54, 1.807) is 0 Å². The van der Waals surface area contributed by atoms with Gasteiger partial charge in [-0.2, -0.15) is 0 Å². The molecule has 0 atom stereocenters. The molecule has 0 fully saturated rings. The molecular weight excluding hydrogens is 116 g/mol. The van der Waals surface area contributed by atoms with Gasteiger partial charge in [-0.05, 0) is 12.2 Å². The standard InChI is InChI=1S/C7H7O2/c1-3-6(8)5-7(9)4-2/h3-5H,1-2H2. The van der Waals surface area contributed by atoms with Gasteiger partial charge < -0.3 is 0 Å². The predicted octanol–water partition coefficient (Wildman–Crippen LogP) is 0.701. The maximum Gasteiger partial charge on any atom is 0.167 e. The van der Waals surface area contributed by atoms with Crippen LogP contribution in [-0.4, -0.2) is 11.6 Å². The van der Waals surface area contributed by atoms with Gasteiger partial charge in [-0.1, -0.05) is 13.2 Å². The van der Waals surface area contributed by atoms with E-state index in [0.29, 0.717) is 0 Å². The van der Waals surface area contributed by atoms with Crippen molar-refractivity contribution in [2.75, 3.05) is 0 Å². The molecule has 0 aromatic carbocycles. The fraction of sp³-hybridized carbons (Fsp3) is 0. The third-order valence-corrected chi connectivity index (χ3v) is 0.687. The Morgan fingerprint density at radius 3 is 1.56 bits per heavy atom. The van der Waals surface area contributed by atoms with Crippen LogP contribution in [0.15, 0.2) is 25.3 Å². The molecule has 47 valence electrons. The molecule has 0 N–H and O–H groups in total. The number of hydrogen-bond donors (Lipinski definition) is 0. The van der Waals surface area contributed by atoms with Gasteiger partial charge in [-0.3, -0.25) is 9.59 Å². The van der Waals surface area contributed by atoms with Crippen molar-refractivity contribution in [3.63, 3.8) is 0 Å². The molecule has 0 unspecified atom stereocenters. The largest absolute Gasteiger partial charge is 0.294 e. The fourth-order valence-electron chi connectivity index (χ4n) is 0.258. The van der Waals surface area contributed by atoms with Crippen molar-refractivity contribution in [1.29, 1.82) is 0 Å². The molecule has 0 aliphatic rings. The second-order valence-corrected chi connectivity index (χ2v) is 1.36. The zero-order valence-electron chi connectivity index (χ0n) is 4.96. The van der Waals surface area contributed by atoms with Crippen molar-refractivity contribution in [1.82, 2.24) is 0 Å². The average Bonchev–Trinajstić information content (AvgIpc) is 1.87. The highest BCUT2D eigenvalue weighted by atomic mass is 16.1. The minimum atomic E-state index is -0.389. The monoisotopic (exact) mass is 123 g/mol. The van der Waals surface area contributed by atoms with Crippen molar-refractivity contribution in [3.05, 3.63) is 31.7 Å². The summed E-state index contributed by atoms with van der Waals surface area (Å²) >= 11 is 0. The number of rotatable bonds is 4. The quantitative estimate of drug-likeness (QED) is 0.407. The SMILES string of the molecule is C=CC(=O)[CH]C(=O)C=C. The van der Waals surface area contributed by atoms with E-state index in [0.717, 1.165) is 18.6 Å². The summed E-state index contributed by atoms with van der Waals surface area (Å²) in [7, 11) is 0. The molecule has 2 heteroatoms. The van der Waals surface area contributed by atoms with Gasteiger partial charge in [0.25, 0.3) is 0 Å². The summed E-state index contributed by atoms with van der Waals surface area (Å²) in [5.74, 6) is -0.778. The number of allylic oxidation sites excluding steroid dienone is 2. The van der Waals surface area contributed by atoms with Crippen LogP contribution in [0.3, 0.4) is 0 Å². The third kappa shape index (κ3) is 3.41. The van der Waals surface area contributed by atoms with Crippen LogP contribution in [0.2, 0.25) is 0 Å². The summed E-state index contributed by atoms with van der Waals surface area (Å²) in [5, 5.41) is 0. The lowest BCUT2D eigenvalue weighted by atomic mass is 10.2. The Labute approximate surface area is 53.9 Å². The summed E-state index contributed by atoms with van der Waals surface area (Å²) in [6.07, 6.45) is 3.07. The first-order chi connectivity index (χ1) is 4.20. The van der Waals surface area contributed by atoms with E-state index < -0.39 is 0 Å². The highest BCUT2D eigenvalue weighted by Crippen LogP contribution is 1.84. The van der Waals surface area contributed by atoms with Gasteiger partial charge >= 0.3 is 0 Å². The molecule has 0 aliphatic carbocycles. The van der Waals surface area contributed by atoms with Crippen LogP contribution in [-0.2, 0) is 9.59 Å². The first-order valence-corrected chi connectivity index (χ1v) is 2.38. The summed E-state index contributed by atoms with van der Waals surface area (Å²) in [5.41, 5.74) is 0. The Morgan fingerprint density at radius 2 is 1.33 bits per heavy atom.